The number of alkyl halides is 1. The van der Waals surface area contributed by atoms with E-state index < -0.39 is 15.6 Å². The highest BCUT2D eigenvalue weighted by Gasteiger charge is 2.29. The molecule has 0 atom stereocenters. The third kappa shape index (κ3) is 6.65. The van der Waals surface area contributed by atoms with Gasteiger partial charge in [0.2, 0.25) is 10.0 Å². The van der Waals surface area contributed by atoms with Crippen LogP contribution in [0.5, 0.6) is 0 Å². The number of nitrogens with two attached hydrogens (primary N) is 1. The fraction of sp³-hybridized carbons (Fsp3) is 0.556. The second-order valence-corrected chi connectivity index (χ2v) is 9.58. The molecule has 0 saturated carbocycles. The fourth-order valence-corrected chi connectivity index (χ4v) is 4.11. The number of nitrogens with zero attached hydrogens (tertiary/aromatic N) is 2. The summed E-state index contributed by atoms with van der Waals surface area (Å²) in [6.45, 7) is 6.29. The van der Waals surface area contributed by atoms with Gasteiger partial charge in [-0.3, -0.25) is 0 Å². The molecule has 28 heavy (non-hydrogen) atoms. The summed E-state index contributed by atoms with van der Waals surface area (Å²) in [7, 11) is -3.72. The van der Waals surface area contributed by atoms with Gasteiger partial charge in [-0.1, -0.05) is 6.07 Å². The van der Waals surface area contributed by atoms with Crippen molar-refractivity contribution in [2.75, 3.05) is 19.0 Å². The van der Waals surface area contributed by atoms with Crippen molar-refractivity contribution >= 4 is 39.2 Å². The van der Waals surface area contributed by atoms with E-state index in [4.69, 9.17) is 22.1 Å². The molecule has 1 amide bonds. The molecule has 10 heteroatoms. The van der Waals surface area contributed by atoms with Crippen LogP contribution in [-0.2, 0) is 14.8 Å². The van der Waals surface area contributed by atoms with Crippen molar-refractivity contribution in [1.29, 1.82) is 0 Å². The summed E-state index contributed by atoms with van der Waals surface area (Å²) in [6, 6.07) is 5.92. The van der Waals surface area contributed by atoms with E-state index in [-0.39, 0.29) is 28.7 Å². The van der Waals surface area contributed by atoms with Crippen molar-refractivity contribution in [1.82, 2.24) is 9.62 Å². The average Bonchev–Trinajstić information content (AvgIpc) is 2.60. The number of ether oxygens (including phenoxy) is 1. The van der Waals surface area contributed by atoms with E-state index in [1.165, 1.54) is 12.1 Å². The van der Waals surface area contributed by atoms with Crippen LogP contribution in [0.2, 0.25) is 0 Å². The highest BCUT2D eigenvalue weighted by molar-refractivity contribution is 7.89. The van der Waals surface area contributed by atoms with Gasteiger partial charge in [-0.25, -0.2) is 22.9 Å². The monoisotopic (exact) mass is 430 g/mol. The molecule has 0 radical (unpaired) electrons. The molecular formula is C18H27ClN4O4S. The van der Waals surface area contributed by atoms with Crippen LogP contribution in [0, 0.1) is 0 Å². The number of sulfonamides is 1. The van der Waals surface area contributed by atoms with Crippen molar-refractivity contribution in [3.8, 4) is 0 Å². The van der Waals surface area contributed by atoms with Crippen molar-refractivity contribution in [2.24, 2.45) is 10.7 Å². The van der Waals surface area contributed by atoms with Gasteiger partial charge >= 0.3 is 6.09 Å². The Balaban J connectivity index is 1.99. The lowest BCUT2D eigenvalue weighted by atomic mass is 10.1. The molecule has 2 rings (SSSR count). The highest BCUT2D eigenvalue weighted by Crippen LogP contribution is 2.21. The van der Waals surface area contributed by atoms with Crippen LogP contribution in [-0.4, -0.2) is 55.9 Å². The molecule has 0 aromatic heterocycles. The van der Waals surface area contributed by atoms with Crippen molar-refractivity contribution in [3.05, 3.63) is 24.3 Å². The van der Waals surface area contributed by atoms with Crippen LogP contribution < -0.4 is 10.5 Å². The van der Waals surface area contributed by atoms with Crippen molar-refractivity contribution in [2.45, 2.75) is 50.2 Å². The van der Waals surface area contributed by atoms with E-state index in [0.29, 0.717) is 31.6 Å². The maximum atomic E-state index is 12.7. The topological polar surface area (TPSA) is 114 Å². The molecule has 1 fully saturated rings. The van der Waals surface area contributed by atoms with E-state index >= 15 is 0 Å². The van der Waals surface area contributed by atoms with Crippen molar-refractivity contribution in [3.63, 3.8) is 0 Å². The Morgan fingerprint density at radius 3 is 2.57 bits per heavy atom. The number of benzene rings is 1. The van der Waals surface area contributed by atoms with Gasteiger partial charge in [0, 0.05) is 19.1 Å². The number of amides is 1. The van der Waals surface area contributed by atoms with Gasteiger partial charge in [0.25, 0.3) is 0 Å². The zero-order valence-electron chi connectivity index (χ0n) is 16.3. The number of likely N-dealkylation sites (tertiary alicyclic amines) is 1. The Bertz CT molecular complexity index is 828. The molecule has 1 aliphatic rings. The largest absolute Gasteiger partial charge is 0.444 e. The number of halogens is 1. The number of rotatable bonds is 5. The molecule has 0 unspecified atom stereocenters. The predicted molar refractivity (Wildman–Crippen MR) is 110 cm³/mol. The van der Waals surface area contributed by atoms with Crippen molar-refractivity contribution < 1.29 is 17.9 Å². The first-order valence-corrected chi connectivity index (χ1v) is 11.0. The summed E-state index contributed by atoms with van der Waals surface area (Å²) < 4.78 is 33.4. The molecule has 1 aliphatic heterocycles. The molecule has 8 nitrogen and oxygen atoms in total. The molecule has 1 heterocycles. The molecular weight excluding hydrogens is 404 g/mol. The second-order valence-electron chi connectivity index (χ2n) is 7.60. The van der Waals surface area contributed by atoms with Gasteiger partial charge < -0.3 is 15.4 Å². The Morgan fingerprint density at radius 2 is 2.00 bits per heavy atom. The predicted octanol–water partition coefficient (Wildman–Crippen LogP) is 2.59. The Morgan fingerprint density at radius 1 is 1.36 bits per heavy atom. The minimum absolute atomic E-state index is 0.0610. The maximum Gasteiger partial charge on any atom is 0.410 e. The van der Waals surface area contributed by atoms with Gasteiger partial charge in [0.15, 0.2) is 0 Å². The Hall–Kier alpha value is -1.84. The number of aliphatic imine (C=N–C) groups is 1. The third-order valence-electron chi connectivity index (χ3n) is 4.01. The van der Waals surface area contributed by atoms with Crippen LogP contribution in [0.15, 0.2) is 34.2 Å². The molecule has 1 aromatic rings. The first kappa shape index (κ1) is 22.4. The first-order chi connectivity index (χ1) is 13.0. The lowest BCUT2D eigenvalue weighted by Gasteiger charge is -2.33. The first-order valence-electron chi connectivity index (χ1n) is 8.99. The standard InChI is InChI=1S/C18H27ClN4O4S/c1-18(2,3)27-17(24)23-9-7-13(8-10-23)22-28(25,26)15-6-4-5-14(11-15)21-16(20)12-19/h4-6,11,13,22H,7-10,12H2,1-3H3,(H2,20,21). The Kier molecular flexibility index (Phi) is 7.30. The number of carbonyl (C=O) groups is 1. The second kappa shape index (κ2) is 9.11. The molecule has 3 N–H and O–H groups in total. The third-order valence-corrected chi connectivity index (χ3v) is 5.80. The summed E-state index contributed by atoms with van der Waals surface area (Å²) in [5.74, 6) is 0.268. The van der Waals surface area contributed by atoms with Gasteiger partial charge in [-0.05, 0) is 51.8 Å². The number of hydrogen-bond donors (Lipinski definition) is 2. The number of nitrogens with one attached hydrogen (secondary N) is 1. The number of piperidine rings is 1. The van der Waals surface area contributed by atoms with E-state index in [2.05, 4.69) is 9.71 Å². The quantitative estimate of drug-likeness (QED) is 0.423. The zero-order valence-corrected chi connectivity index (χ0v) is 17.9. The van der Waals surface area contributed by atoms with Crippen LogP contribution >= 0.6 is 11.6 Å². The van der Waals surface area contributed by atoms with Crippen LogP contribution in [0.25, 0.3) is 0 Å². The SMILES string of the molecule is CC(C)(C)OC(=O)N1CCC(NS(=O)(=O)c2cccc(N=C(N)CCl)c2)CC1. The number of carbonyl (C=O) groups excluding carboxylic acids is 1. The Labute approximate surface area is 171 Å². The summed E-state index contributed by atoms with van der Waals surface area (Å²) in [5, 5.41) is 0. The summed E-state index contributed by atoms with van der Waals surface area (Å²) in [4.78, 5) is 17.9. The lowest BCUT2D eigenvalue weighted by molar-refractivity contribution is 0.0203. The fourth-order valence-electron chi connectivity index (χ4n) is 2.71. The van der Waals surface area contributed by atoms with Gasteiger partial charge in [-0.15, -0.1) is 11.6 Å². The smallest absolute Gasteiger partial charge is 0.410 e. The van der Waals surface area contributed by atoms with E-state index in [0.717, 1.165) is 0 Å². The average molecular weight is 431 g/mol. The van der Waals surface area contributed by atoms with Gasteiger partial charge in [0.1, 0.15) is 11.4 Å². The molecule has 0 bridgehead atoms. The number of hydrogen-bond acceptors (Lipinski definition) is 5. The maximum absolute atomic E-state index is 12.7. The summed E-state index contributed by atoms with van der Waals surface area (Å²) in [6.07, 6.45) is 0.640. The number of amidine groups is 1. The lowest BCUT2D eigenvalue weighted by Crippen LogP contribution is -2.47. The molecule has 0 aliphatic carbocycles. The molecule has 1 aromatic carbocycles. The van der Waals surface area contributed by atoms with E-state index in [9.17, 15) is 13.2 Å². The molecule has 1 saturated heterocycles. The van der Waals surface area contributed by atoms with Crippen LogP contribution in [0.4, 0.5) is 10.5 Å². The zero-order chi connectivity index (χ0) is 20.9. The normalized spacial score (nSPS) is 16.9. The highest BCUT2D eigenvalue weighted by atomic mass is 35.5. The molecule has 0 spiro atoms. The van der Waals surface area contributed by atoms with Crippen LogP contribution in [0.1, 0.15) is 33.6 Å². The van der Waals surface area contributed by atoms with Gasteiger partial charge in [0.05, 0.1) is 16.5 Å². The minimum Gasteiger partial charge on any atom is -0.444 e. The van der Waals surface area contributed by atoms with Gasteiger partial charge in [-0.2, -0.15) is 0 Å². The van der Waals surface area contributed by atoms with Crippen LogP contribution in [0.3, 0.4) is 0 Å². The summed E-state index contributed by atoms with van der Waals surface area (Å²) in [5.41, 5.74) is 5.46. The van der Waals surface area contributed by atoms with E-state index in [1.807, 2.05) is 20.8 Å². The van der Waals surface area contributed by atoms with E-state index in [1.54, 1.807) is 17.0 Å². The summed E-state index contributed by atoms with van der Waals surface area (Å²) >= 11 is 5.61. The molecule has 156 valence electrons. The minimum atomic E-state index is -3.72.